The average Bonchev–Trinajstić information content (AvgIpc) is 2.88. The lowest BCUT2D eigenvalue weighted by Crippen LogP contribution is -2.22. The van der Waals surface area contributed by atoms with Crippen LogP contribution in [0.4, 0.5) is 0 Å². The summed E-state index contributed by atoms with van der Waals surface area (Å²) in [5.41, 5.74) is 0. The largest absolute Gasteiger partial charge is 0.469 e. The predicted molar refractivity (Wildman–Crippen MR) is 70.7 cm³/mol. The van der Waals surface area contributed by atoms with Gasteiger partial charge in [-0.05, 0) is 25.7 Å². The Morgan fingerprint density at radius 1 is 1.28 bits per heavy atom. The van der Waals surface area contributed by atoms with E-state index in [4.69, 9.17) is 4.74 Å². The van der Waals surface area contributed by atoms with E-state index < -0.39 is 0 Å². The molecule has 100 valence electrons. The zero-order valence-electron chi connectivity index (χ0n) is 11.2. The topological polar surface area (TPSA) is 52.1 Å². The number of carbonyl (C=O) groups excluding carboxylic acids is 1. The molecular weight excluding hydrogens is 248 g/mol. The lowest BCUT2D eigenvalue weighted by atomic mass is 9.82. The van der Waals surface area contributed by atoms with E-state index in [0.29, 0.717) is 11.8 Å². The molecule has 1 heterocycles. The van der Waals surface area contributed by atoms with Crippen LogP contribution in [0.1, 0.15) is 61.4 Å². The van der Waals surface area contributed by atoms with Crippen LogP contribution in [0.25, 0.3) is 0 Å². The second-order valence-electron chi connectivity index (χ2n) is 5.20. The molecule has 0 radical (unpaired) electrons. The van der Waals surface area contributed by atoms with Gasteiger partial charge in [-0.15, -0.1) is 21.5 Å². The standard InChI is InChI=1S/C13H20N2O2S/c1-8(2)11-14-15-12(18-11)9-4-6-10(7-5-9)13(16)17-3/h8-10H,4-7H2,1-3H3/t9-,10-. The van der Waals surface area contributed by atoms with E-state index in [9.17, 15) is 4.79 Å². The van der Waals surface area contributed by atoms with Gasteiger partial charge in [-0.2, -0.15) is 0 Å². The number of carbonyl (C=O) groups is 1. The highest BCUT2D eigenvalue weighted by molar-refractivity contribution is 7.11. The summed E-state index contributed by atoms with van der Waals surface area (Å²) in [7, 11) is 1.47. The normalized spacial score (nSPS) is 24.2. The third kappa shape index (κ3) is 2.88. The molecule has 1 aliphatic carbocycles. The van der Waals surface area contributed by atoms with Crippen molar-refractivity contribution in [2.45, 2.75) is 51.4 Å². The SMILES string of the molecule is COC(=O)[C@H]1CC[C@H](c2nnc(C(C)C)s2)CC1. The Balaban J connectivity index is 1.94. The minimum Gasteiger partial charge on any atom is -0.469 e. The molecule has 1 fully saturated rings. The maximum atomic E-state index is 11.5. The Hall–Kier alpha value is -0.970. The van der Waals surface area contributed by atoms with Crippen LogP contribution in [-0.2, 0) is 9.53 Å². The van der Waals surface area contributed by atoms with E-state index in [2.05, 4.69) is 24.0 Å². The fraction of sp³-hybridized carbons (Fsp3) is 0.769. The Bertz CT molecular complexity index is 409. The van der Waals surface area contributed by atoms with Crippen molar-refractivity contribution in [3.05, 3.63) is 10.0 Å². The summed E-state index contributed by atoms with van der Waals surface area (Å²) in [6.07, 6.45) is 3.86. The van der Waals surface area contributed by atoms with Crippen molar-refractivity contribution in [2.75, 3.05) is 7.11 Å². The molecule has 1 aliphatic rings. The average molecular weight is 268 g/mol. The van der Waals surface area contributed by atoms with E-state index in [1.807, 2.05) is 0 Å². The first-order valence-electron chi connectivity index (χ1n) is 6.53. The number of nitrogens with zero attached hydrogens (tertiary/aromatic N) is 2. The van der Waals surface area contributed by atoms with Gasteiger partial charge in [-0.1, -0.05) is 13.8 Å². The van der Waals surface area contributed by atoms with Crippen molar-refractivity contribution in [3.63, 3.8) is 0 Å². The minimum atomic E-state index is -0.0615. The van der Waals surface area contributed by atoms with Crippen LogP contribution in [0.15, 0.2) is 0 Å². The summed E-state index contributed by atoms with van der Waals surface area (Å²) in [5, 5.41) is 10.8. The highest BCUT2D eigenvalue weighted by atomic mass is 32.1. The number of methoxy groups -OCH3 is 1. The van der Waals surface area contributed by atoms with Crippen molar-refractivity contribution in [1.29, 1.82) is 0 Å². The van der Waals surface area contributed by atoms with Crippen LogP contribution in [0.5, 0.6) is 0 Å². The Morgan fingerprint density at radius 2 is 1.94 bits per heavy atom. The van der Waals surface area contributed by atoms with Gasteiger partial charge in [0.25, 0.3) is 0 Å². The quantitative estimate of drug-likeness (QED) is 0.790. The third-order valence-electron chi connectivity index (χ3n) is 3.56. The molecule has 4 nitrogen and oxygen atoms in total. The fourth-order valence-corrected chi connectivity index (χ4v) is 3.40. The zero-order chi connectivity index (χ0) is 13.1. The number of hydrogen-bond acceptors (Lipinski definition) is 5. The minimum absolute atomic E-state index is 0.0615. The molecule has 0 aromatic carbocycles. The molecule has 0 unspecified atom stereocenters. The molecule has 0 bridgehead atoms. The van der Waals surface area contributed by atoms with Crippen LogP contribution < -0.4 is 0 Å². The number of esters is 1. The van der Waals surface area contributed by atoms with Gasteiger partial charge in [0.15, 0.2) is 0 Å². The molecule has 2 rings (SSSR count). The fourth-order valence-electron chi connectivity index (χ4n) is 2.39. The molecule has 0 atom stereocenters. The maximum absolute atomic E-state index is 11.5. The summed E-state index contributed by atoms with van der Waals surface area (Å²) >= 11 is 1.72. The van der Waals surface area contributed by atoms with E-state index in [-0.39, 0.29) is 11.9 Å². The lowest BCUT2D eigenvalue weighted by molar-refractivity contribution is -0.146. The molecule has 5 heteroatoms. The van der Waals surface area contributed by atoms with Crippen LogP contribution >= 0.6 is 11.3 Å². The second-order valence-corrected chi connectivity index (χ2v) is 6.25. The van der Waals surface area contributed by atoms with Gasteiger partial charge in [-0.25, -0.2) is 0 Å². The number of aromatic nitrogens is 2. The first-order chi connectivity index (χ1) is 8.61. The summed E-state index contributed by atoms with van der Waals surface area (Å²) in [5.74, 6) is 0.955. The molecule has 1 saturated carbocycles. The monoisotopic (exact) mass is 268 g/mol. The molecule has 18 heavy (non-hydrogen) atoms. The third-order valence-corrected chi connectivity index (χ3v) is 4.95. The molecule has 1 aromatic heterocycles. The Labute approximate surface area is 112 Å². The molecule has 0 spiro atoms. The number of ether oxygens (including phenoxy) is 1. The second kappa shape index (κ2) is 5.78. The predicted octanol–water partition coefficient (Wildman–Crippen LogP) is 3.11. The number of rotatable bonds is 3. The first-order valence-corrected chi connectivity index (χ1v) is 7.34. The molecule has 0 saturated heterocycles. The van der Waals surface area contributed by atoms with Gasteiger partial charge in [0, 0.05) is 11.8 Å². The van der Waals surface area contributed by atoms with Crippen molar-refractivity contribution >= 4 is 17.3 Å². The van der Waals surface area contributed by atoms with Crippen LogP contribution in [0.2, 0.25) is 0 Å². The smallest absolute Gasteiger partial charge is 0.308 e. The van der Waals surface area contributed by atoms with Gasteiger partial charge < -0.3 is 4.74 Å². The molecule has 0 amide bonds. The van der Waals surface area contributed by atoms with Crippen LogP contribution in [-0.4, -0.2) is 23.3 Å². The highest BCUT2D eigenvalue weighted by Crippen LogP contribution is 2.38. The maximum Gasteiger partial charge on any atom is 0.308 e. The zero-order valence-corrected chi connectivity index (χ0v) is 12.0. The molecular formula is C13H20N2O2S. The molecule has 1 aromatic rings. The van der Waals surface area contributed by atoms with Crippen molar-refractivity contribution in [3.8, 4) is 0 Å². The van der Waals surface area contributed by atoms with E-state index >= 15 is 0 Å². The van der Waals surface area contributed by atoms with E-state index in [1.165, 1.54) is 7.11 Å². The number of hydrogen-bond donors (Lipinski definition) is 0. The van der Waals surface area contributed by atoms with Gasteiger partial charge >= 0.3 is 5.97 Å². The highest BCUT2D eigenvalue weighted by Gasteiger charge is 2.29. The van der Waals surface area contributed by atoms with Crippen LogP contribution in [0.3, 0.4) is 0 Å². The van der Waals surface area contributed by atoms with Crippen molar-refractivity contribution in [1.82, 2.24) is 10.2 Å². The lowest BCUT2D eigenvalue weighted by Gasteiger charge is -2.25. The van der Waals surface area contributed by atoms with Gasteiger partial charge in [0.2, 0.25) is 0 Å². The van der Waals surface area contributed by atoms with Gasteiger partial charge in [0.05, 0.1) is 13.0 Å². The van der Waals surface area contributed by atoms with Crippen molar-refractivity contribution < 1.29 is 9.53 Å². The van der Waals surface area contributed by atoms with Crippen molar-refractivity contribution in [2.24, 2.45) is 5.92 Å². The summed E-state index contributed by atoms with van der Waals surface area (Å²) in [6.45, 7) is 4.27. The molecule has 0 N–H and O–H groups in total. The Morgan fingerprint density at radius 3 is 2.44 bits per heavy atom. The summed E-state index contributed by atoms with van der Waals surface area (Å²) in [4.78, 5) is 11.5. The molecule has 0 aliphatic heterocycles. The first kappa shape index (κ1) is 13.5. The van der Waals surface area contributed by atoms with Gasteiger partial charge in [0.1, 0.15) is 10.0 Å². The summed E-state index contributed by atoms with van der Waals surface area (Å²) in [6, 6.07) is 0. The summed E-state index contributed by atoms with van der Waals surface area (Å²) < 4.78 is 4.80. The van der Waals surface area contributed by atoms with Crippen LogP contribution in [0, 0.1) is 5.92 Å². The van der Waals surface area contributed by atoms with E-state index in [1.54, 1.807) is 11.3 Å². The van der Waals surface area contributed by atoms with E-state index in [0.717, 1.165) is 35.7 Å². The van der Waals surface area contributed by atoms with Gasteiger partial charge in [-0.3, -0.25) is 4.79 Å². The Kier molecular flexibility index (Phi) is 4.32.